The molecule has 0 unspecified atom stereocenters. The molecule has 0 aliphatic heterocycles. The van der Waals surface area contributed by atoms with Crippen molar-refractivity contribution in [3.63, 3.8) is 0 Å². The summed E-state index contributed by atoms with van der Waals surface area (Å²) in [7, 11) is 4.75. The Morgan fingerprint density at radius 3 is 2.12 bits per heavy atom. The number of rotatable bonds is 9. The van der Waals surface area contributed by atoms with Gasteiger partial charge in [-0.05, 0) is 59.7 Å². The van der Waals surface area contributed by atoms with Crippen molar-refractivity contribution >= 4 is 35.2 Å². The number of ketones is 1. The number of methoxy groups -OCH3 is 3. The Morgan fingerprint density at radius 1 is 0.844 bits per heavy atom. The minimum atomic E-state index is -0.104. The van der Waals surface area contributed by atoms with Gasteiger partial charge < -0.3 is 19.5 Å². The molecule has 0 fully saturated rings. The molecule has 5 nitrogen and oxygen atoms in total. The minimum absolute atomic E-state index is 0.104. The van der Waals surface area contributed by atoms with Crippen LogP contribution >= 0.6 is 11.6 Å². The summed E-state index contributed by atoms with van der Waals surface area (Å²) >= 11 is 5.86. The van der Waals surface area contributed by atoms with Crippen LogP contribution < -0.4 is 19.5 Å². The van der Waals surface area contributed by atoms with Crippen molar-refractivity contribution in [1.29, 1.82) is 0 Å². The third kappa shape index (κ3) is 5.93. The maximum atomic E-state index is 12.2. The van der Waals surface area contributed by atoms with Crippen LogP contribution in [0.5, 0.6) is 17.2 Å². The van der Waals surface area contributed by atoms with Crippen LogP contribution in [-0.2, 0) is 0 Å². The van der Waals surface area contributed by atoms with Crippen molar-refractivity contribution in [2.24, 2.45) is 0 Å². The molecule has 1 N–H and O–H groups in total. The van der Waals surface area contributed by atoms with Gasteiger partial charge in [0.25, 0.3) is 0 Å². The molecule has 0 saturated heterocycles. The molecule has 0 radical (unpaired) electrons. The fourth-order valence-electron chi connectivity index (χ4n) is 3.05. The third-order valence-corrected chi connectivity index (χ3v) is 4.91. The number of carbonyl (C=O) groups is 1. The molecule has 0 spiro atoms. The summed E-state index contributed by atoms with van der Waals surface area (Å²) in [6.07, 6.45) is 7.05. The largest absolute Gasteiger partial charge is 0.493 e. The van der Waals surface area contributed by atoms with Crippen LogP contribution in [-0.4, -0.2) is 27.1 Å². The molecule has 3 rings (SSSR count). The highest BCUT2D eigenvalue weighted by atomic mass is 35.5. The van der Waals surface area contributed by atoms with Crippen LogP contribution in [0, 0.1) is 0 Å². The summed E-state index contributed by atoms with van der Waals surface area (Å²) < 4.78 is 16.2. The van der Waals surface area contributed by atoms with E-state index in [1.807, 2.05) is 48.6 Å². The van der Waals surface area contributed by atoms with E-state index in [9.17, 15) is 4.79 Å². The second kappa shape index (κ2) is 11.1. The number of anilines is 1. The number of nitrogens with one attached hydrogen (secondary N) is 1. The Hall–Kier alpha value is -3.70. The van der Waals surface area contributed by atoms with E-state index in [0.717, 1.165) is 16.8 Å². The van der Waals surface area contributed by atoms with E-state index >= 15 is 0 Å². The van der Waals surface area contributed by atoms with E-state index in [0.29, 0.717) is 27.8 Å². The highest BCUT2D eigenvalue weighted by Gasteiger charge is 2.12. The zero-order chi connectivity index (χ0) is 22.9. The quantitative estimate of drug-likeness (QED) is 0.234. The first kappa shape index (κ1) is 23.0. The van der Waals surface area contributed by atoms with Crippen molar-refractivity contribution in [3.05, 3.63) is 94.7 Å². The van der Waals surface area contributed by atoms with Crippen LogP contribution in [0.25, 0.3) is 12.2 Å². The first-order valence-electron chi connectivity index (χ1n) is 9.85. The molecule has 0 atom stereocenters. The summed E-state index contributed by atoms with van der Waals surface area (Å²) in [6, 6.07) is 18.4. The number of halogens is 1. The Balaban J connectivity index is 1.70. The second-order valence-electron chi connectivity index (χ2n) is 6.77. The number of hydrogen-bond acceptors (Lipinski definition) is 5. The lowest BCUT2D eigenvalue weighted by molar-refractivity contribution is 0.104. The summed E-state index contributed by atoms with van der Waals surface area (Å²) in [5.74, 6) is 1.64. The standard InChI is InChI=1S/C26H24ClNO4/c1-30-24-16-19(17-25(31-2)26(24)32-3)8-7-18-5-4-6-22(15-18)28-14-13-23(29)20-9-11-21(27)12-10-20/h4-17,28H,1-3H3/b8-7?,14-13-. The SMILES string of the molecule is COc1cc(C=Cc2cccc(N/C=C\C(=O)c3ccc(Cl)cc3)c2)cc(OC)c1OC. The molecule has 0 heterocycles. The van der Waals surface area contributed by atoms with E-state index in [4.69, 9.17) is 25.8 Å². The topological polar surface area (TPSA) is 56.8 Å². The molecule has 0 saturated carbocycles. The van der Waals surface area contributed by atoms with Crippen molar-refractivity contribution in [2.45, 2.75) is 0 Å². The number of hydrogen-bond donors (Lipinski definition) is 1. The van der Waals surface area contributed by atoms with E-state index in [1.165, 1.54) is 6.08 Å². The van der Waals surface area contributed by atoms with Gasteiger partial charge in [0.2, 0.25) is 5.75 Å². The first-order chi connectivity index (χ1) is 15.5. The third-order valence-electron chi connectivity index (χ3n) is 4.66. The first-order valence-corrected chi connectivity index (χ1v) is 10.2. The van der Waals surface area contributed by atoms with Crippen LogP contribution in [0.1, 0.15) is 21.5 Å². The zero-order valence-electron chi connectivity index (χ0n) is 18.1. The van der Waals surface area contributed by atoms with E-state index in [2.05, 4.69) is 5.32 Å². The average Bonchev–Trinajstić information content (AvgIpc) is 2.82. The predicted octanol–water partition coefficient (Wildman–Crippen LogP) is 6.34. The van der Waals surface area contributed by atoms with Gasteiger partial charge >= 0.3 is 0 Å². The van der Waals surface area contributed by atoms with Crippen LogP contribution in [0.3, 0.4) is 0 Å². The van der Waals surface area contributed by atoms with Gasteiger partial charge in [-0.25, -0.2) is 0 Å². The number of carbonyl (C=O) groups excluding carboxylic acids is 1. The van der Waals surface area contributed by atoms with Gasteiger partial charge in [-0.15, -0.1) is 0 Å². The van der Waals surface area contributed by atoms with Crippen molar-refractivity contribution in [3.8, 4) is 17.2 Å². The lowest BCUT2D eigenvalue weighted by Crippen LogP contribution is -1.96. The molecule has 0 amide bonds. The Bertz CT molecular complexity index is 1110. The van der Waals surface area contributed by atoms with Crippen molar-refractivity contribution in [1.82, 2.24) is 0 Å². The highest BCUT2D eigenvalue weighted by molar-refractivity contribution is 6.30. The van der Waals surface area contributed by atoms with Crippen molar-refractivity contribution in [2.75, 3.05) is 26.6 Å². The summed E-state index contributed by atoms with van der Waals surface area (Å²) in [4.78, 5) is 12.2. The average molecular weight is 450 g/mol. The molecule has 0 aliphatic carbocycles. The molecular weight excluding hydrogens is 426 g/mol. The molecule has 0 bridgehead atoms. The number of allylic oxidation sites excluding steroid dienone is 1. The monoisotopic (exact) mass is 449 g/mol. The molecule has 3 aromatic carbocycles. The van der Waals surface area contributed by atoms with E-state index < -0.39 is 0 Å². The second-order valence-corrected chi connectivity index (χ2v) is 7.20. The number of benzene rings is 3. The lowest BCUT2D eigenvalue weighted by atomic mass is 10.1. The van der Waals surface area contributed by atoms with Gasteiger partial charge in [0.05, 0.1) is 21.3 Å². The Kier molecular flexibility index (Phi) is 7.95. The number of ether oxygens (including phenoxy) is 3. The summed E-state index contributed by atoms with van der Waals surface area (Å²) in [6.45, 7) is 0. The fourth-order valence-corrected chi connectivity index (χ4v) is 3.17. The van der Waals surface area contributed by atoms with Gasteiger partial charge in [-0.2, -0.15) is 0 Å². The molecule has 3 aromatic rings. The molecule has 32 heavy (non-hydrogen) atoms. The minimum Gasteiger partial charge on any atom is -0.493 e. The van der Waals surface area contributed by atoms with Crippen LogP contribution in [0.4, 0.5) is 5.69 Å². The Labute approximate surface area is 192 Å². The molecular formula is C26H24ClNO4. The van der Waals surface area contributed by atoms with Gasteiger partial charge in [0.1, 0.15) is 0 Å². The molecule has 0 aliphatic rings. The Morgan fingerprint density at radius 2 is 1.50 bits per heavy atom. The molecule has 164 valence electrons. The maximum Gasteiger partial charge on any atom is 0.203 e. The van der Waals surface area contributed by atoms with Crippen LogP contribution in [0.15, 0.2) is 72.9 Å². The van der Waals surface area contributed by atoms with Gasteiger partial charge in [-0.3, -0.25) is 4.79 Å². The fraction of sp³-hybridized carbons (Fsp3) is 0.115. The summed E-state index contributed by atoms with van der Waals surface area (Å²) in [5, 5.41) is 3.73. The normalized spacial score (nSPS) is 11.0. The maximum absolute atomic E-state index is 12.2. The van der Waals surface area contributed by atoms with Crippen molar-refractivity contribution < 1.29 is 19.0 Å². The van der Waals surface area contributed by atoms with E-state index in [-0.39, 0.29) is 5.78 Å². The smallest absolute Gasteiger partial charge is 0.203 e. The van der Waals surface area contributed by atoms with Gasteiger partial charge in [-0.1, -0.05) is 35.9 Å². The predicted molar refractivity (Wildman–Crippen MR) is 130 cm³/mol. The molecule has 6 heteroatoms. The van der Waals surface area contributed by atoms with Gasteiger partial charge in [0.15, 0.2) is 17.3 Å². The molecule has 0 aromatic heterocycles. The van der Waals surface area contributed by atoms with Crippen LogP contribution in [0.2, 0.25) is 5.02 Å². The summed E-state index contributed by atoms with van der Waals surface area (Å²) in [5.41, 5.74) is 3.33. The van der Waals surface area contributed by atoms with E-state index in [1.54, 1.807) is 51.8 Å². The zero-order valence-corrected chi connectivity index (χ0v) is 18.8. The lowest BCUT2D eigenvalue weighted by Gasteiger charge is -2.12. The van der Waals surface area contributed by atoms with Gasteiger partial charge in [0, 0.05) is 28.5 Å². The highest BCUT2D eigenvalue weighted by Crippen LogP contribution is 2.38.